The average molecular weight is 342 g/mol. The smallest absolute Gasteiger partial charge is 0.329 e. The predicted octanol–water partition coefficient (Wildman–Crippen LogP) is -0.303. The van der Waals surface area contributed by atoms with Crippen molar-refractivity contribution >= 4 is 10.9 Å². The van der Waals surface area contributed by atoms with Gasteiger partial charge in [-0.1, -0.05) is 17.3 Å². The van der Waals surface area contributed by atoms with Gasteiger partial charge in [-0.05, 0) is 19.2 Å². The Balaban J connectivity index is 1.66. The Bertz CT molecular complexity index is 1020. The first-order chi connectivity index (χ1) is 12.1. The summed E-state index contributed by atoms with van der Waals surface area (Å²) >= 11 is 0. The molecule has 1 aliphatic rings. The van der Waals surface area contributed by atoms with Gasteiger partial charge < -0.3 is 14.8 Å². The Morgan fingerprint density at radius 1 is 1.32 bits per heavy atom. The van der Waals surface area contributed by atoms with Crippen LogP contribution >= 0.6 is 0 Å². The normalized spacial score (nSPS) is 18.7. The van der Waals surface area contributed by atoms with Crippen LogP contribution in [0.4, 0.5) is 0 Å². The maximum atomic E-state index is 12.5. The number of fused-ring (bicyclic) bond motifs is 1. The van der Waals surface area contributed by atoms with E-state index in [1.54, 1.807) is 24.3 Å². The molecule has 1 aliphatic heterocycles. The van der Waals surface area contributed by atoms with E-state index in [-0.39, 0.29) is 24.0 Å². The second-order valence-electron chi connectivity index (χ2n) is 6.11. The first-order valence-corrected chi connectivity index (χ1v) is 8.09. The molecular weight excluding hydrogens is 324 g/mol. The molecule has 3 heterocycles. The summed E-state index contributed by atoms with van der Waals surface area (Å²) in [6.07, 6.45) is 0. The van der Waals surface area contributed by atoms with Gasteiger partial charge in [0, 0.05) is 19.6 Å². The lowest BCUT2D eigenvalue weighted by atomic mass is 10.2. The molecule has 1 aromatic carbocycles. The number of aromatic nitrogens is 4. The molecule has 2 aromatic heterocycles. The van der Waals surface area contributed by atoms with Gasteiger partial charge in [0.2, 0.25) is 5.89 Å². The lowest BCUT2D eigenvalue weighted by Gasteiger charge is -2.30. The molecule has 9 nitrogen and oxygen atoms in total. The van der Waals surface area contributed by atoms with Crippen LogP contribution in [0, 0.1) is 0 Å². The molecule has 130 valence electrons. The summed E-state index contributed by atoms with van der Waals surface area (Å²) in [4.78, 5) is 34.0. The highest BCUT2D eigenvalue weighted by atomic mass is 16.5. The van der Waals surface area contributed by atoms with Gasteiger partial charge in [0.1, 0.15) is 6.54 Å². The Kier molecular flexibility index (Phi) is 3.94. The summed E-state index contributed by atoms with van der Waals surface area (Å²) in [5.74, 6) is 0.784. The van der Waals surface area contributed by atoms with Crippen LogP contribution < -0.4 is 16.6 Å². The van der Waals surface area contributed by atoms with Crippen LogP contribution in [0.3, 0.4) is 0 Å². The van der Waals surface area contributed by atoms with Crippen LogP contribution in [0.25, 0.3) is 10.9 Å². The van der Waals surface area contributed by atoms with Crippen molar-refractivity contribution in [2.75, 3.05) is 26.7 Å². The van der Waals surface area contributed by atoms with Gasteiger partial charge in [0.05, 0.1) is 16.9 Å². The van der Waals surface area contributed by atoms with Crippen LogP contribution in [-0.2, 0) is 6.54 Å². The Morgan fingerprint density at radius 3 is 3.00 bits per heavy atom. The summed E-state index contributed by atoms with van der Waals surface area (Å²) in [6, 6.07) is 6.90. The molecule has 1 atom stereocenters. The van der Waals surface area contributed by atoms with Crippen LogP contribution in [0.5, 0.6) is 0 Å². The van der Waals surface area contributed by atoms with Crippen molar-refractivity contribution < 1.29 is 4.52 Å². The largest absolute Gasteiger partial charge is 0.337 e. The molecule has 1 unspecified atom stereocenters. The topological polar surface area (TPSA) is 109 Å². The van der Waals surface area contributed by atoms with Gasteiger partial charge in [0.25, 0.3) is 5.56 Å². The number of nitrogens with zero attached hydrogens (tertiary/aromatic N) is 4. The third-order valence-corrected chi connectivity index (χ3v) is 4.48. The minimum Gasteiger partial charge on any atom is -0.337 e. The van der Waals surface area contributed by atoms with E-state index in [0.29, 0.717) is 16.7 Å². The Morgan fingerprint density at radius 2 is 2.16 bits per heavy atom. The maximum Gasteiger partial charge on any atom is 0.329 e. The van der Waals surface area contributed by atoms with Gasteiger partial charge in [-0.15, -0.1) is 0 Å². The predicted molar refractivity (Wildman–Crippen MR) is 90.5 cm³/mol. The highest BCUT2D eigenvalue weighted by molar-refractivity contribution is 5.76. The van der Waals surface area contributed by atoms with Gasteiger partial charge >= 0.3 is 5.69 Å². The summed E-state index contributed by atoms with van der Waals surface area (Å²) in [5.41, 5.74) is -0.370. The summed E-state index contributed by atoms with van der Waals surface area (Å²) < 4.78 is 6.34. The van der Waals surface area contributed by atoms with E-state index in [1.165, 1.54) is 0 Å². The standard InChI is InChI=1S/C16H18N6O3/c1-21-7-6-17-8-12(21)14-19-13(25-20-14)9-22-15(23)10-4-2-3-5-11(10)18-16(22)24/h2-5,12,17H,6-9H2,1H3,(H,18,24). The van der Waals surface area contributed by atoms with Gasteiger partial charge in [-0.25, -0.2) is 4.79 Å². The highest BCUT2D eigenvalue weighted by Crippen LogP contribution is 2.17. The highest BCUT2D eigenvalue weighted by Gasteiger charge is 2.25. The number of H-pyrrole nitrogens is 1. The quantitative estimate of drug-likeness (QED) is 0.672. The minimum absolute atomic E-state index is 0.0119. The van der Waals surface area contributed by atoms with Crippen LogP contribution in [-0.4, -0.2) is 51.3 Å². The van der Waals surface area contributed by atoms with Crippen molar-refractivity contribution in [2.45, 2.75) is 12.6 Å². The van der Waals surface area contributed by atoms with E-state index in [1.807, 2.05) is 7.05 Å². The summed E-state index contributed by atoms with van der Waals surface area (Å²) in [6.45, 7) is 2.47. The number of piperazine rings is 1. The molecule has 0 saturated carbocycles. The lowest BCUT2D eigenvalue weighted by molar-refractivity contribution is 0.190. The first-order valence-electron chi connectivity index (χ1n) is 8.09. The summed E-state index contributed by atoms with van der Waals surface area (Å²) in [7, 11) is 2.00. The fraction of sp³-hybridized carbons (Fsp3) is 0.375. The SMILES string of the molecule is CN1CCNCC1c1noc(Cn2c(=O)[nH]c3ccccc3c2=O)n1. The number of hydrogen-bond donors (Lipinski definition) is 2. The molecule has 0 spiro atoms. The zero-order valence-corrected chi connectivity index (χ0v) is 13.7. The third-order valence-electron chi connectivity index (χ3n) is 4.48. The van der Waals surface area contributed by atoms with Crippen molar-refractivity contribution in [3.63, 3.8) is 0 Å². The molecule has 1 fully saturated rings. The number of likely N-dealkylation sites (N-methyl/N-ethyl adjacent to an activating group) is 1. The van der Waals surface area contributed by atoms with Crippen molar-refractivity contribution in [1.82, 2.24) is 29.9 Å². The molecule has 4 rings (SSSR count). The molecule has 1 saturated heterocycles. The van der Waals surface area contributed by atoms with E-state index in [2.05, 4.69) is 25.3 Å². The first kappa shape index (κ1) is 15.7. The number of para-hydroxylation sites is 1. The van der Waals surface area contributed by atoms with Crippen LogP contribution in [0.1, 0.15) is 17.8 Å². The molecule has 9 heteroatoms. The molecule has 0 radical (unpaired) electrons. The van der Waals surface area contributed by atoms with Crippen molar-refractivity contribution in [1.29, 1.82) is 0 Å². The van der Waals surface area contributed by atoms with Gasteiger partial charge in [-0.3, -0.25) is 14.3 Å². The maximum absolute atomic E-state index is 12.5. The van der Waals surface area contributed by atoms with Crippen molar-refractivity contribution in [3.8, 4) is 0 Å². The number of nitrogens with one attached hydrogen (secondary N) is 2. The van der Waals surface area contributed by atoms with Crippen LogP contribution in [0.2, 0.25) is 0 Å². The van der Waals surface area contributed by atoms with E-state index in [0.717, 1.165) is 24.2 Å². The van der Waals surface area contributed by atoms with Crippen LogP contribution in [0.15, 0.2) is 38.4 Å². The van der Waals surface area contributed by atoms with E-state index in [9.17, 15) is 9.59 Å². The second kappa shape index (κ2) is 6.26. The lowest BCUT2D eigenvalue weighted by Crippen LogP contribution is -2.44. The van der Waals surface area contributed by atoms with E-state index >= 15 is 0 Å². The zero-order chi connectivity index (χ0) is 17.4. The summed E-state index contributed by atoms with van der Waals surface area (Å²) in [5, 5.41) is 7.74. The molecule has 3 aromatic rings. The number of rotatable bonds is 3. The average Bonchev–Trinajstić information content (AvgIpc) is 3.07. The minimum atomic E-state index is -0.500. The monoisotopic (exact) mass is 342 g/mol. The molecule has 2 N–H and O–H groups in total. The second-order valence-corrected chi connectivity index (χ2v) is 6.11. The van der Waals surface area contributed by atoms with Crippen molar-refractivity contribution in [2.24, 2.45) is 0 Å². The number of aromatic amines is 1. The Labute approximate surface area is 142 Å². The molecule has 0 aliphatic carbocycles. The molecular formula is C16H18N6O3. The van der Waals surface area contributed by atoms with E-state index < -0.39 is 5.69 Å². The van der Waals surface area contributed by atoms with E-state index in [4.69, 9.17) is 4.52 Å². The molecule has 25 heavy (non-hydrogen) atoms. The fourth-order valence-corrected chi connectivity index (χ4v) is 3.04. The third kappa shape index (κ3) is 2.87. The number of benzene rings is 1. The molecule has 0 bridgehead atoms. The number of hydrogen-bond acceptors (Lipinski definition) is 7. The zero-order valence-electron chi connectivity index (χ0n) is 13.7. The fourth-order valence-electron chi connectivity index (χ4n) is 3.04. The molecule has 0 amide bonds. The van der Waals surface area contributed by atoms with Gasteiger partial charge in [-0.2, -0.15) is 4.98 Å². The van der Waals surface area contributed by atoms with Gasteiger partial charge in [0.15, 0.2) is 5.82 Å². The Hall–Kier alpha value is -2.78. The van der Waals surface area contributed by atoms with Crippen molar-refractivity contribution in [3.05, 3.63) is 56.8 Å².